The van der Waals surface area contributed by atoms with Crippen LogP contribution in [0.5, 0.6) is 0 Å². The molecule has 0 bridgehead atoms. The Morgan fingerprint density at radius 3 is 2.71 bits per heavy atom. The average Bonchev–Trinajstić information content (AvgIpc) is 2.26. The van der Waals surface area contributed by atoms with Gasteiger partial charge in [0, 0.05) is 4.47 Å². The molecule has 94 valence electrons. The minimum absolute atomic E-state index is 0.0683. The van der Waals surface area contributed by atoms with Crippen LogP contribution in [-0.4, -0.2) is 18.7 Å². The van der Waals surface area contributed by atoms with E-state index in [4.69, 9.17) is 5.73 Å². The number of halogens is 3. The summed E-state index contributed by atoms with van der Waals surface area (Å²) in [4.78, 5) is 11.1. The molecule has 0 spiro atoms. The second kappa shape index (κ2) is 6.07. The Balaban J connectivity index is 2.87. The van der Waals surface area contributed by atoms with Gasteiger partial charge in [0.1, 0.15) is 5.82 Å². The lowest BCUT2D eigenvalue weighted by Crippen LogP contribution is -2.31. The Bertz CT molecular complexity index is 394. The van der Waals surface area contributed by atoms with E-state index in [-0.39, 0.29) is 12.2 Å². The number of benzene rings is 1. The highest BCUT2D eigenvalue weighted by Gasteiger charge is 2.28. The monoisotopic (exact) mass is 307 g/mol. The Morgan fingerprint density at radius 2 is 2.18 bits per heavy atom. The van der Waals surface area contributed by atoms with E-state index in [0.717, 1.165) is 6.07 Å². The fourth-order valence-electron chi connectivity index (χ4n) is 1.31. The number of esters is 1. The molecule has 0 aliphatic heterocycles. The molecule has 1 rings (SSSR count). The maximum absolute atomic E-state index is 13.6. The van der Waals surface area contributed by atoms with Crippen LogP contribution in [0.2, 0.25) is 0 Å². The predicted octanol–water partition coefficient (Wildman–Crippen LogP) is 2.49. The molecule has 0 aliphatic rings. The first-order valence-electron chi connectivity index (χ1n) is 4.98. The van der Waals surface area contributed by atoms with Crippen LogP contribution in [0.25, 0.3) is 0 Å². The van der Waals surface area contributed by atoms with Crippen LogP contribution in [0.15, 0.2) is 22.7 Å². The van der Waals surface area contributed by atoms with E-state index in [0.29, 0.717) is 4.47 Å². The molecule has 17 heavy (non-hydrogen) atoms. The first-order chi connectivity index (χ1) is 7.95. The van der Waals surface area contributed by atoms with Gasteiger partial charge in [-0.3, -0.25) is 0 Å². The van der Waals surface area contributed by atoms with Gasteiger partial charge in [0.05, 0.1) is 12.6 Å². The summed E-state index contributed by atoms with van der Waals surface area (Å²) in [5.41, 5.74) is 5.74. The van der Waals surface area contributed by atoms with Crippen LogP contribution in [0, 0.1) is 5.82 Å². The van der Waals surface area contributed by atoms with Gasteiger partial charge in [-0.25, -0.2) is 13.6 Å². The Kier molecular flexibility index (Phi) is 5.02. The highest BCUT2D eigenvalue weighted by atomic mass is 79.9. The molecule has 0 saturated carbocycles. The average molecular weight is 308 g/mol. The summed E-state index contributed by atoms with van der Waals surface area (Å²) >= 11 is 3.06. The van der Waals surface area contributed by atoms with Crippen LogP contribution < -0.4 is 5.73 Å². The molecule has 1 aromatic carbocycles. The van der Waals surface area contributed by atoms with Crippen LogP contribution in [0.1, 0.15) is 18.5 Å². The number of carbonyl (C=O) groups is 1. The lowest BCUT2D eigenvalue weighted by atomic mass is 10.0. The molecular weight excluding hydrogens is 296 g/mol. The van der Waals surface area contributed by atoms with E-state index < -0.39 is 24.0 Å². The normalized spacial score (nSPS) is 14.2. The molecule has 0 fully saturated rings. The highest BCUT2D eigenvalue weighted by Crippen LogP contribution is 2.23. The first-order valence-corrected chi connectivity index (χ1v) is 5.77. The smallest absolute Gasteiger partial charge is 0.342 e. The van der Waals surface area contributed by atoms with Crippen molar-refractivity contribution in [3.63, 3.8) is 0 Å². The van der Waals surface area contributed by atoms with Gasteiger partial charge in [-0.15, -0.1) is 0 Å². The van der Waals surface area contributed by atoms with Crippen molar-refractivity contribution in [3.05, 3.63) is 34.1 Å². The minimum atomic E-state index is -2.01. The second-order valence-corrected chi connectivity index (χ2v) is 4.30. The molecule has 1 unspecified atom stereocenters. The molecule has 3 nitrogen and oxygen atoms in total. The molecule has 0 amide bonds. The number of hydrogen-bond donors (Lipinski definition) is 1. The van der Waals surface area contributed by atoms with Gasteiger partial charge in [-0.2, -0.15) is 0 Å². The minimum Gasteiger partial charge on any atom is -0.464 e. The van der Waals surface area contributed by atoms with E-state index in [1.807, 2.05) is 0 Å². The van der Waals surface area contributed by atoms with Crippen LogP contribution in [0.4, 0.5) is 8.78 Å². The van der Waals surface area contributed by atoms with Gasteiger partial charge < -0.3 is 10.5 Å². The van der Waals surface area contributed by atoms with E-state index in [2.05, 4.69) is 20.7 Å². The van der Waals surface area contributed by atoms with Gasteiger partial charge in [0.15, 0.2) is 0 Å². The van der Waals surface area contributed by atoms with E-state index in [1.54, 1.807) is 6.92 Å². The quantitative estimate of drug-likeness (QED) is 0.870. The third-order valence-electron chi connectivity index (χ3n) is 2.10. The molecular formula is C11H12BrF2NO2. The highest BCUT2D eigenvalue weighted by molar-refractivity contribution is 9.10. The zero-order chi connectivity index (χ0) is 13.0. The lowest BCUT2D eigenvalue weighted by molar-refractivity contribution is -0.149. The lowest BCUT2D eigenvalue weighted by Gasteiger charge is -2.16. The van der Waals surface area contributed by atoms with Crippen molar-refractivity contribution in [2.24, 2.45) is 5.73 Å². The van der Waals surface area contributed by atoms with Gasteiger partial charge in [0.2, 0.25) is 6.17 Å². The SMILES string of the molecule is CCOC(=O)C(F)[C@@H](N)c1cc(F)cc(Br)c1. The summed E-state index contributed by atoms with van der Waals surface area (Å²) in [6.07, 6.45) is -2.01. The number of rotatable bonds is 4. The molecule has 0 aromatic heterocycles. The van der Waals surface area contributed by atoms with Gasteiger partial charge in [0.25, 0.3) is 0 Å². The van der Waals surface area contributed by atoms with Crippen molar-refractivity contribution in [1.82, 2.24) is 0 Å². The number of alkyl halides is 1. The number of carbonyl (C=O) groups excluding carboxylic acids is 1. The zero-order valence-corrected chi connectivity index (χ0v) is 10.7. The molecule has 2 N–H and O–H groups in total. The Morgan fingerprint density at radius 1 is 1.53 bits per heavy atom. The molecule has 0 radical (unpaired) electrons. The van der Waals surface area contributed by atoms with Crippen LogP contribution >= 0.6 is 15.9 Å². The van der Waals surface area contributed by atoms with E-state index in [1.165, 1.54) is 12.1 Å². The van der Waals surface area contributed by atoms with Gasteiger partial charge >= 0.3 is 5.97 Å². The van der Waals surface area contributed by atoms with Crippen LogP contribution in [-0.2, 0) is 9.53 Å². The summed E-state index contributed by atoms with van der Waals surface area (Å²) in [6, 6.07) is 2.51. The number of hydrogen-bond acceptors (Lipinski definition) is 3. The molecule has 6 heteroatoms. The fourth-order valence-corrected chi connectivity index (χ4v) is 1.79. The zero-order valence-electron chi connectivity index (χ0n) is 9.12. The van der Waals surface area contributed by atoms with Gasteiger partial charge in [-0.05, 0) is 30.7 Å². The summed E-state index contributed by atoms with van der Waals surface area (Å²) in [5.74, 6) is -1.60. The first kappa shape index (κ1) is 14.1. The maximum Gasteiger partial charge on any atom is 0.342 e. The number of nitrogens with two attached hydrogens (primary N) is 1. The van der Waals surface area contributed by atoms with E-state index >= 15 is 0 Å². The Labute approximate surface area is 106 Å². The summed E-state index contributed by atoms with van der Waals surface area (Å²) in [6.45, 7) is 1.63. The van der Waals surface area contributed by atoms with Crippen molar-refractivity contribution in [1.29, 1.82) is 0 Å². The van der Waals surface area contributed by atoms with Crippen molar-refractivity contribution < 1.29 is 18.3 Å². The van der Waals surface area contributed by atoms with Crippen molar-refractivity contribution >= 4 is 21.9 Å². The third-order valence-corrected chi connectivity index (χ3v) is 2.55. The topological polar surface area (TPSA) is 52.3 Å². The number of ether oxygens (including phenoxy) is 1. The largest absolute Gasteiger partial charge is 0.464 e. The summed E-state index contributed by atoms with van der Waals surface area (Å²) < 4.78 is 31.6. The summed E-state index contributed by atoms with van der Waals surface area (Å²) in [5, 5.41) is 0. The Hall–Kier alpha value is -1.01. The molecule has 2 atom stereocenters. The van der Waals surface area contributed by atoms with Crippen molar-refractivity contribution in [3.8, 4) is 0 Å². The maximum atomic E-state index is 13.6. The third kappa shape index (κ3) is 3.74. The van der Waals surface area contributed by atoms with E-state index in [9.17, 15) is 13.6 Å². The predicted molar refractivity (Wildman–Crippen MR) is 62.6 cm³/mol. The second-order valence-electron chi connectivity index (χ2n) is 3.38. The molecule has 0 heterocycles. The van der Waals surface area contributed by atoms with Gasteiger partial charge in [-0.1, -0.05) is 15.9 Å². The van der Waals surface area contributed by atoms with Crippen LogP contribution in [0.3, 0.4) is 0 Å². The molecule has 0 saturated heterocycles. The molecule has 1 aromatic rings. The molecule has 0 aliphatic carbocycles. The fraction of sp³-hybridized carbons (Fsp3) is 0.364. The summed E-state index contributed by atoms with van der Waals surface area (Å²) in [7, 11) is 0. The van der Waals surface area contributed by atoms with Crippen molar-refractivity contribution in [2.75, 3.05) is 6.61 Å². The van der Waals surface area contributed by atoms with Crippen molar-refractivity contribution in [2.45, 2.75) is 19.1 Å². The standard InChI is InChI=1S/C11H12BrF2NO2/c1-2-17-11(16)9(14)10(15)6-3-7(12)5-8(13)4-6/h3-5,9-10H,2,15H2,1H3/t9?,10-/m0/s1.